The fourth-order valence-corrected chi connectivity index (χ4v) is 2.77. The maximum absolute atomic E-state index is 13.0. The van der Waals surface area contributed by atoms with Crippen LogP contribution in [0.15, 0.2) is 44.7 Å². The highest BCUT2D eigenvalue weighted by molar-refractivity contribution is 5.73. The lowest BCUT2D eigenvalue weighted by Gasteiger charge is -2.22. The quantitative estimate of drug-likeness (QED) is 0.267. The molecule has 0 fully saturated rings. The summed E-state index contributed by atoms with van der Waals surface area (Å²) < 4.78 is 0.888. The molecule has 3 atom stereocenters. The van der Waals surface area contributed by atoms with Gasteiger partial charge >= 0.3 is 5.69 Å². The van der Waals surface area contributed by atoms with E-state index in [1.807, 2.05) is 4.98 Å². The Hall–Kier alpha value is -3.12. The molecule has 0 saturated carbocycles. The predicted molar refractivity (Wildman–Crippen MR) is 97.8 cm³/mol. The topological polar surface area (TPSA) is 182 Å². The molecule has 3 aromatic rings. The standard InChI is InChI=1S/C17H18N4O7/c22-7-10(24)13(25)9(23)6-21-14-12(15(26)20-17(28)19-14)18-11(16(21)27)8-4-2-1-3-5-8/h1-5,9-10,13,22-25H,6-7H2,(H2,19,20,26,28)/t9-,10+,13-/m0/s1. The summed E-state index contributed by atoms with van der Waals surface area (Å²) in [6.45, 7) is -1.38. The molecule has 0 saturated heterocycles. The van der Waals surface area contributed by atoms with Crippen LogP contribution in [-0.2, 0) is 6.54 Å². The van der Waals surface area contributed by atoms with Crippen molar-refractivity contribution in [3.8, 4) is 11.3 Å². The highest BCUT2D eigenvalue weighted by Gasteiger charge is 2.26. The van der Waals surface area contributed by atoms with E-state index in [9.17, 15) is 29.7 Å². The lowest BCUT2D eigenvalue weighted by molar-refractivity contribution is -0.0805. The Morgan fingerprint density at radius 2 is 1.68 bits per heavy atom. The monoisotopic (exact) mass is 390 g/mol. The minimum atomic E-state index is -1.77. The lowest BCUT2D eigenvalue weighted by Crippen LogP contribution is -2.44. The molecule has 28 heavy (non-hydrogen) atoms. The molecule has 0 bridgehead atoms. The van der Waals surface area contributed by atoms with Gasteiger partial charge in [0.2, 0.25) is 0 Å². The van der Waals surface area contributed by atoms with E-state index < -0.39 is 48.3 Å². The van der Waals surface area contributed by atoms with Crippen LogP contribution < -0.4 is 16.8 Å². The van der Waals surface area contributed by atoms with Crippen molar-refractivity contribution in [2.45, 2.75) is 24.9 Å². The van der Waals surface area contributed by atoms with E-state index in [-0.39, 0.29) is 16.9 Å². The average Bonchev–Trinajstić information content (AvgIpc) is 2.69. The number of aliphatic hydroxyl groups is 4. The van der Waals surface area contributed by atoms with Crippen molar-refractivity contribution in [2.75, 3.05) is 6.61 Å². The van der Waals surface area contributed by atoms with Crippen LogP contribution in [0.1, 0.15) is 0 Å². The molecular formula is C17H18N4O7. The van der Waals surface area contributed by atoms with Crippen LogP contribution in [0, 0.1) is 0 Å². The van der Waals surface area contributed by atoms with Crippen molar-refractivity contribution >= 4 is 11.2 Å². The summed E-state index contributed by atoms with van der Waals surface area (Å²) in [5.41, 5.74) is -2.65. The number of rotatable bonds is 6. The first-order valence-electron chi connectivity index (χ1n) is 8.31. The van der Waals surface area contributed by atoms with Crippen molar-refractivity contribution in [3.05, 3.63) is 61.5 Å². The van der Waals surface area contributed by atoms with Crippen LogP contribution in [0.2, 0.25) is 0 Å². The van der Waals surface area contributed by atoms with E-state index in [2.05, 4.69) is 9.97 Å². The second-order valence-electron chi connectivity index (χ2n) is 6.16. The molecule has 0 amide bonds. The second kappa shape index (κ2) is 7.86. The summed E-state index contributed by atoms with van der Waals surface area (Å²) in [6, 6.07) is 8.25. The number of benzene rings is 1. The number of aromatic amines is 2. The minimum Gasteiger partial charge on any atom is -0.394 e. The van der Waals surface area contributed by atoms with Gasteiger partial charge in [-0.2, -0.15) is 0 Å². The van der Waals surface area contributed by atoms with Crippen molar-refractivity contribution < 1.29 is 20.4 Å². The smallest absolute Gasteiger partial charge is 0.327 e. The van der Waals surface area contributed by atoms with E-state index in [0.29, 0.717) is 5.56 Å². The average molecular weight is 390 g/mol. The van der Waals surface area contributed by atoms with Gasteiger partial charge < -0.3 is 20.4 Å². The summed E-state index contributed by atoms with van der Waals surface area (Å²) in [4.78, 5) is 45.2. The first-order valence-corrected chi connectivity index (χ1v) is 8.31. The molecule has 0 aliphatic heterocycles. The van der Waals surface area contributed by atoms with Gasteiger partial charge in [-0.1, -0.05) is 30.3 Å². The van der Waals surface area contributed by atoms with Gasteiger partial charge in [0, 0.05) is 5.56 Å². The third kappa shape index (κ3) is 3.64. The van der Waals surface area contributed by atoms with Crippen LogP contribution >= 0.6 is 0 Å². The first-order chi connectivity index (χ1) is 13.3. The molecule has 1 aromatic carbocycles. The molecule has 11 heteroatoms. The van der Waals surface area contributed by atoms with Crippen LogP contribution in [0.5, 0.6) is 0 Å². The summed E-state index contributed by atoms with van der Waals surface area (Å²) in [6.07, 6.45) is -5.10. The Bertz CT molecular complexity index is 1150. The zero-order chi connectivity index (χ0) is 20.4. The molecule has 6 N–H and O–H groups in total. The lowest BCUT2D eigenvalue weighted by atomic mass is 10.1. The molecule has 0 spiro atoms. The highest BCUT2D eigenvalue weighted by Crippen LogP contribution is 2.15. The number of H-pyrrole nitrogens is 2. The highest BCUT2D eigenvalue weighted by atomic mass is 16.4. The zero-order valence-corrected chi connectivity index (χ0v) is 14.4. The van der Waals surface area contributed by atoms with Gasteiger partial charge in [0.25, 0.3) is 11.1 Å². The number of nitrogens with one attached hydrogen (secondary N) is 2. The van der Waals surface area contributed by atoms with E-state index in [0.717, 1.165) is 4.57 Å². The Morgan fingerprint density at radius 3 is 2.32 bits per heavy atom. The van der Waals surface area contributed by atoms with E-state index >= 15 is 0 Å². The molecular weight excluding hydrogens is 372 g/mol. The number of fused-ring (bicyclic) bond motifs is 1. The van der Waals surface area contributed by atoms with Gasteiger partial charge in [-0.25, -0.2) is 9.78 Å². The molecule has 11 nitrogen and oxygen atoms in total. The second-order valence-corrected chi connectivity index (χ2v) is 6.16. The fraction of sp³-hybridized carbons (Fsp3) is 0.294. The van der Waals surface area contributed by atoms with E-state index in [1.54, 1.807) is 30.3 Å². The van der Waals surface area contributed by atoms with Gasteiger partial charge in [-0.15, -0.1) is 0 Å². The third-order valence-electron chi connectivity index (χ3n) is 4.23. The molecule has 2 aromatic heterocycles. The van der Waals surface area contributed by atoms with Crippen LogP contribution in [0.4, 0.5) is 0 Å². The maximum Gasteiger partial charge on any atom is 0.327 e. The van der Waals surface area contributed by atoms with Crippen molar-refractivity contribution in [1.82, 2.24) is 19.5 Å². The molecule has 2 heterocycles. The Kier molecular flexibility index (Phi) is 5.51. The van der Waals surface area contributed by atoms with Gasteiger partial charge in [0.1, 0.15) is 29.7 Å². The van der Waals surface area contributed by atoms with Gasteiger partial charge in [0.05, 0.1) is 13.2 Å². The van der Waals surface area contributed by atoms with Crippen LogP contribution in [-0.4, -0.2) is 64.9 Å². The number of hydrogen-bond donors (Lipinski definition) is 6. The predicted octanol–water partition coefficient (Wildman–Crippen LogP) is -2.48. The van der Waals surface area contributed by atoms with Gasteiger partial charge in [-0.3, -0.25) is 24.1 Å². The third-order valence-corrected chi connectivity index (χ3v) is 4.23. The molecule has 0 radical (unpaired) electrons. The molecule has 0 aliphatic carbocycles. The maximum atomic E-state index is 13.0. The summed E-state index contributed by atoms with van der Waals surface area (Å²) in [5.74, 6) is 0. The molecule has 0 unspecified atom stereocenters. The Morgan fingerprint density at radius 1 is 1.00 bits per heavy atom. The molecule has 148 valence electrons. The first kappa shape index (κ1) is 19.6. The van der Waals surface area contributed by atoms with Crippen LogP contribution in [0.3, 0.4) is 0 Å². The van der Waals surface area contributed by atoms with Crippen molar-refractivity contribution in [1.29, 1.82) is 0 Å². The normalized spacial score (nSPS) is 14.7. The summed E-state index contributed by atoms with van der Waals surface area (Å²) >= 11 is 0. The Balaban J connectivity index is 2.25. The van der Waals surface area contributed by atoms with E-state index in [1.165, 1.54) is 0 Å². The summed E-state index contributed by atoms with van der Waals surface area (Å²) in [5, 5.41) is 38.5. The Labute approximate surface area is 156 Å². The van der Waals surface area contributed by atoms with Crippen molar-refractivity contribution in [2.24, 2.45) is 0 Å². The van der Waals surface area contributed by atoms with Gasteiger partial charge in [0.15, 0.2) is 5.52 Å². The minimum absolute atomic E-state index is 0.102. The zero-order valence-electron chi connectivity index (χ0n) is 14.4. The SMILES string of the molecule is O=c1[nH]c(=O)c2nc(-c3ccccc3)c(=O)n(C[C@H](O)[C@H](O)[C@H](O)CO)c2[nH]1. The van der Waals surface area contributed by atoms with Gasteiger partial charge in [-0.05, 0) is 0 Å². The van der Waals surface area contributed by atoms with E-state index in [4.69, 9.17) is 5.11 Å². The molecule has 0 aliphatic rings. The number of aromatic nitrogens is 4. The summed E-state index contributed by atoms with van der Waals surface area (Å²) in [7, 11) is 0. The number of hydrogen-bond acceptors (Lipinski definition) is 8. The number of aliphatic hydroxyl groups excluding tert-OH is 4. The fourth-order valence-electron chi connectivity index (χ4n) is 2.77. The largest absolute Gasteiger partial charge is 0.394 e. The van der Waals surface area contributed by atoms with Crippen molar-refractivity contribution in [3.63, 3.8) is 0 Å². The van der Waals surface area contributed by atoms with Crippen LogP contribution in [0.25, 0.3) is 22.4 Å². The number of nitrogens with zero attached hydrogens (tertiary/aromatic N) is 2. The molecule has 3 rings (SSSR count).